The third-order valence-corrected chi connectivity index (χ3v) is 3.46. The maximum Gasteiger partial charge on any atom is 0.342 e. The molecule has 0 saturated carbocycles. The van der Waals surface area contributed by atoms with Gasteiger partial charge >= 0.3 is 11.8 Å². The Morgan fingerprint density at radius 3 is 2.75 bits per heavy atom. The van der Waals surface area contributed by atoms with Crippen LogP contribution in [0, 0.1) is 17.0 Å². The molecule has 2 aromatic rings. The third-order valence-electron chi connectivity index (χ3n) is 3.46. The van der Waals surface area contributed by atoms with Crippen molar-refractivity contribution in [2.45, 2.75) is 33.1 Å². The zero-order chi connectivity index (χ0) is 17.5. The normalized spacial score (nSPS) is 11.9. The molecule has 1 aromatic carbocycles. The Kier molecular flexibility index (Phi) is 6.02. The van der Waals surface area contributed by atoms with Gasteiger partial charge in [0.05, 0.1) is 6.61 Å². The lowest BCUT2D eigenvalue weighted by molar-refractivity contribution is -0.392. The maximum atomic E-state index is 11.9. The second-order valence-corrected chi connectivity index (χ2v) is 5.18. The predicted molar refractivity (Wildman–Crippen MR) is 85.3 cm³/mol. The second kappa shape index (κ2) is 8.21. The van der Waals surface area contributed by atoms with Crippen LogP contribution in [-0.4, -0.2) is 33.2 Å². The first-order valence-electron chi connectivity index (χ1n) is 7.47. The molecule has 1 heterocycles. The predicted octanol–water partition coefficient (Wildman–Crippen LogP) is 2.25. The number of hydrogen-bond acceptors (Lipinski definition) is 6. The van der Waals surface area contributed by atoms with Gasteiger partial charge in [-0.05, 0) is 17.4 Å². The van der Waals surface area contributed by atoms with Crippen molar-refractivity contribution in [1.82, 2.24) is 9.55 Å². The molecular weight excluding hydrogens is 314 g/mol. The Labute approximate surface area is 139 Å². The standard InChI is InChI=1S/C16H19N3O5/c1-12(24-11-14-6-4-3-5-7-14)16(20)23-9-8-18-13(2)17-10-15(18)19(21)22/h3-7,10,12H,8-9,11H2,1-2H3. The van der Waals surface area contributed by atoms with E-state index in [-0.39, 0.29) is 19.0 Å². The van der Waals surface area contributed by atoms with Crippen molar-refractivity contribution < 1.29 is 19.2 Å². The molecule has 0 radical (unpaired) electrons. The SMILES string of the molecule is Cc1ncc([N+](=O)[O-])n1CCOC(=O)C(C)OCc1ccccc1. The van der Waals surface area contributed by atoms with Gasteiger partial charge in [-0.3, -0.25) is 0 Å². The molecule has 1 aromatic heterocycles. The molecule has 0 bridgehead atoms. The summed E-state index contributed by atoms with van der Waals surface area (Å²) in [6.45, 7) is 3.75. The number of carbonyl (C=O) groups excluding carboxylic acids is 1. The van der Waals surface area contributed by atoms with E-state index >= 15 is 0 Å². The highest BCUT2D eigenvalue weighted by Crippen LogP contribution is 2.13. The van der Waals surface area contributed by atoms with E-state index in [0.29, 0.717) is 12.4 Å². The molecule has 1 atom stereocenters. The number of aromatic nitrogens is 2. The second-order valence-electron chi connectivity index (χ2n) is 5.18. The van der Waals surface area contributed by atoms with Crippen LogP contribution in [0.5, 0.6) is 0 Å². The van der Waals surface area contributed by atoms with Gasteiger partial charge in [0.1, 0.15) is 19.3 Å². The first-order chi connectivity index (χ1) is 11.5. The van der Waals surface area contributed by atoms with Gasteiger partial charge in [0.25, 0.3) is 0 Å². The largest absolute Gasteiger partial charge is 0.460 e. The van der Waals surface area contributed by atoms with Gasteiger partial charge < -0.3 is 19.6 Å². The lowest BCUT2D eigenvalue weighted by Crippen LogP contribution is -2.25. The number of hydrogen-bond donors (Lipinski definition) is 0. The lowest BCUT2D eigenvalue weighted by atomic mass is 10.2. The van der Waals surface area contributed by atoms with Crippen molar-refractivity contribution >= 4 is 11.8 Å². The Morgan fingerprint density at radius 2 is 2.08 bits per heavy atom. The molecule has 8 nitrogen and oxygen atoms in total. The Hall–Kier alpha value is -2.74. The summed E-state index contributed by atoms with van der Waals surface area (Å²) in [5.41, 5.74) is 0.960. The van der Waals surface area contributed by atoms with Gasteiger partial charge in [-0.1, -0.05) is 30.3 Å². The summed E-state index contributed by atoms with van der Waals surface area (Å²) >= 11 is 0. The molecule has 0 N–H and O–H groups in total. The van der Waals surface area contributed by atoms with Crippen molar-refractivity contribution in [3.63, 3.8) is 0 Å². The summed E-state index contributed by atoms with van der Waals surface area (Å²) < 4.78 is 12.0. The summed E-state index contributed by atoms with van der Waals surface area (Å²) in [6.07, 6.45) is 0.465. The van der Waals surface area contributed by atoms with Gasteiger partial charge in [-0.25, -0.2) is 14.3 Å². The molecule has 0 aliphatic rings. The number of nitrogens with zero attached hydrogens (tertiary/aromatic N) is 3. The molecule has 0 amide bonds. The molecule has 1 unspecified atom stereocenters. The zero-order valence-electron chi connectivity index (χ0n) is 13.5. The van der Waals surface area contributed by atoms with Crippen LogP contribution < -0.4 is 0 Å². The van der Waals surface area contributed by atoms with Crippen LogP contribution in [0.2, 0.25) is 0 Å². The summed E-state index contributed by atoms with van der Waals surface area (Å²) in [4.78, 5) is 26.1. The maximum absolute atomic E-state index is 11.9. The summed E-state index contributed by atoms with van der Waals surface area (Å²) in [7, 11) is 0. The van der Waals surface area contributed by atoms with Crippen LogP contribution in [0.4, 0.5) is 5.82 Å². The fourth-order valence-electron chi connectivity index (χ4n) is 2.10. The van der Waals surface area contributed by atoms with Gasteiger partial charge in [0.15, 0.2) is 11.9 Å². The topological polar surface area (TPSA) is 96.5 Å². The van der Waals surface area contributed by atoms with Crippen LogP contribution >= 0.6 is 0 Å². The third kappa shape index (κ3) is 4.63. The number of aryl methyl sites for hydroxylation is 1. The first-order valence-corrected chi connectivity index (χ1v) is 7.47. The highest BCUT2D eigenvalue weighted by Gasteiger charge is 2.19. The monoisotopic (exact) mass is 333 g/mol. The average molecular weight is 333 g/mol. The van der Waals surface area contributed by atoms with Crippen LogP contribution in [0.3, 0.4) is 0 Å². The summed E-state index contributed by atoms with van der Waals surface area (Å²) in [5.74, 6) is -0.144. The van der Waals surface area contributed by atoms with E-state index in [0.717, 1.165) is 5.56 Å². The Morgan fingerprint density at radius 1 is 1.38 bits per heavy atom. The molecule has 0 aliphatic heterocycles. The van der Waals surface area contributed by atoms with Crippen LogP contribution in [0.15, 0.2) is 36.5 Å². The number of ether oxygens (including phenoxy) is 2. The number of rotatable bonds is 8. The summed E-state index contributed by atoms with van der Waals surface area (Å²) in [5, 5.41) is 10.9. The zero-order valence-corrected chi connectivity index (χ0v) is 13.5. The quantitative estimate of drug-likeness (QED) is 0.417. The van der Waals surface area contributed by atoms with Crippen molar-refractivity contribution in [2.75, 3.05) is 6.61 Å². The molecule has 0 fully saturated rings. The smallest absolute Gasteiger partial charge is 0.342 e. The molecule has 24 heavy (non-hydrogen) atoms. The molecule has 8 heteroatoms. The first kappa shape index (κ1) is 17.6. The molecule has 0 saturated heterocycles. The van der Waals surface area contributed by atoms with Crippen LogP contribution in [0.1, 0.15) is 18.3 Å². The average Bonchev–Trinajstić information content (AvgIpc) is 2.94. The van der Waals surface area contributed by atoms with E-state index < -0.39 is 17.0 Å². The van der Waals surface area contributed by atoms with Gasteiger partial charge in [0, 0.05) is 6.92 Å². The van der Waals surface area contributed by atoms with Crippen molar-refractivity contribution in [3.05, 3.63) is 58.0 Å². The number of carbonyl (C=O) groups is 1. The van der Waals surface area contributed by atoms with Gasteiger partial charge in [-0.15, -0.1) is 0 Å². The van der Waals surface area contributed by atoms with Crippen molar-refractivity contribution in [3.8, 4) is 0 Å². The van der Waals surface area contributed by atoms with Crippen molar-refractivity contribution in [1.29, 1.82) is 0 Å². The van der Waals surface area contributed by atoms with E-state index in [2.05, 4.69) is 4.98 Å². The highest BCUT2D eigenvalue weighted by molar-refractivity contribution is 5.74. The molecule has 0 spiro atoms. The number of nitro groups is 1. The van der Waals surface area contributed by atoms with Crippen LogP contribution in [-0.2, 0) is 27.4 Å². The fraction of sp³-hybridized carbons (Fsp3) is 0.375. The lowest BCUT2D eigenvalue weighted by Gasteiger charge is -2.12. The van der Waals surface area contributed by atoms with E-state index in [1.54, 1.807) is 13.8 Å². The molecule has 0 aliphatic carbocycles. The number of benzene rings is 1. The van der Waals surface area contributed by atoms with E-state index in [9.17, 15) is 14.9 Å². The summed E-state index contributed by atoms with van der Waals surface area (Å²) in [6, 6.07) is 9.49. The van der Waals surface area contributed by atoms with E-state index in [4.69, 9.17) is 9.47 Å². The number of imidazole rings is 1. The van der Waals surface area contributed by atoms with Gasteiger partial charge in [0.2, 0.25) is 0 Å². The molecular formula is C16H19N3O5. The van der Waals surface area contributed by atoms with E-state index in [1.807, 2.05) is 30.3 Å². The van der Waals surface area contributed by atoms with Crippen molar-refractivity contribution in [2.24, 2.45) is 0 Å². The highest BCUT2D eigenvalue weighted by atomic mass is 16.6. The fourth-order valence-corrected chi connectivity index (χ4v) is 2.10. The minimum Gasteiger partial charge on any atom is -0.460 e. The molecule has 2 rings (SSSR count). The van der Waals surface area contributed by atoms with E-state index in [1.165, 1.54) is 10.8 Å². The minimum atomic E-state index is -0.718. The minimum absolute atomic E-state index is 0.00983. The number of esters is 1. The van der Waals surface area contributed by atoms with Gasteiger partial charge in [-0.2, -0.15) is 0 Å². The Balaban J connectivity index is 1.78. The van der Waals surface area contributed by atoms with Crippen LogP contribution in [0.25, 0.3) is 0 Å². The Bertz CT molecular complexity index is 699. The molecule has 128 valence electrons.